The van der Waals surface area contributed by atoms with Crippen LogP contribution >= 0.6 is 0 Å². The van der Waals surface area contributed by atoms with Crippen LogP contribution < -0.4 is 5.32 Å². The molecule has 2 fully saturated rings. The van der Waals surface area contributed by atoms with Crippen molar-refractivity contribution in [3.05, 3.63) is 0 Å². The molecular formula is C13H25NO2. The minimum Gasteiger partial charge on any atom is -0.378 e. The van der Waals surface area contributed by atoms with Crippen LogP contribution in [0, 0.1) is 5.41 Å². The molecule has 1 saturated carbocycles. The van der Waals surface area contributed by atoms with Gasteiger partial charge in [-0.05, 0) is 25.7 Å². The van der Waals surface area contributed by atoms with Gasteiger partial charge in [-0.3, -0.25) is 0 Å². The summed E-state index contributed by atoms with van der Waals surface area (Å²) in [5.41, 5.74) is 0.237. The lowest BCUT2D eigenvalue weighted by atomic mass is 9.95. The average Bonchev–Trinajstić information content (AvgIpc) is 2.93. The Morgan fingerprint density at radius 2 is 2.12 bits per heavy atom. The highest BCUT2D eigenvalue weighted by molar-refractivity contribution is 4.84. The molecule has 0 aromatic carbocycles. The Morgan fingerprint density at radius 1 is 1.31 bits per heavy atom. The van der Waals surface area contributed by atoms with Gasteiger partial charge < -0.3 is 14.8 Å². The van der Waals surface area contributed by atoms with Gasteiger partial charge in [0, 0.05) is 24.6 Å². The smallest absolute Gasteiger partial charge is 0.0809 e. The van der Waals surface area contributed by atoms with Crippen molar-refractivity contribution >= 4 is 0 Å². The van der Waals surface area contributed by atoms with Crippen molar-refractivity contribution in [3.8, 4) is 0 Å². The Kier molecular flexibility index (Phi) is 4.22. The first kappa shape index (κ1) is 12.3. The second-order valence-corrected chi connectivity index (χ2v) is 5.97. The first-order chi connectivity index (χ1) is 7.66. The fourth-order valence-electron chi connectivity index (χ4n) is 2.00. The molecule has 1 aliphatic heterocycles. The van der Waals surface area contributed by atoms with E-state index in [-0.39, 0.29) is 5.41 Å². The van der Waals surface area contributed by atoms with Crippen LogP contribution in [0.5, 0.6) is 0 Å². The molecule has 0 aromatic heterocycles. The predicted octanol–water partition coefficient (Wildman–Crippen LogP) is 1.96. The van der Waals surface area contributed by atoms with Gasteiger partial charge >= 0.3 is 0 Å². The third-order valence-corrected chi connectivity index (χ3v) is 3.27. The molecule has 94 valence electrons. The molecule has 0 aromatic rings. The summed E-state index contributed by atoms with van der Waals surface area (Å²) in [6, 6.07) is 0.789. The molecule has 16 heavy (non-hydrogen) atoms. The van der Waals surface area contributed by atoms with Gasteiger partial charge in [0.25, 0.3) is 0 Å². The molecule has 1 aliphatic carbocycles. The van der Waals surface area contributed by atoms with E-state index in [1.807, 2.05) is 0 Å². The molecule has 2 rings (SSSR count). The van der Waals surface area contributed by atoms with E-state index in [4.69, 9.17) is 9.47 Å². The number of ether oxygens (including phenoxy) is 2. The van der Waals surface area contributed by atoms with Crippen molar-refractivity contribution in [1.82, 2.24) is 5.32 Å². The van der Waals surface area contributed by atoms with Gasteiger partial charge in [0.2, 0.25) is 0 Å². The molecule has 2 aliphatic rings. The van der Waals surface area contributed by atoms with E-state index >= 15 is 0 Å². The summed E-state index contributed by atoms with van der Waals surface area (Å²) in [5.74, 6) is 0. The quantitative estimate of drug-likeness (QED) is 0.721. The van der Waals surface area contributed by atoms with Gasteiger partial charge in [-0.1, -0.05) is 13.8 Å². The molecular weight excluding hydrogens is 202 g/mol. The summed E-state index contributed by atoms with van der Waals surface area (Å²) in [6.45, 7) is 8.10. The third-order valence-electron chi connectivity index (χ3n) is 3.27. The zero-order valence-corrected chi connectivity index (χ0v) is 10.6. The van der Waals surface area contributed by atoms with E-state index in [0.29, 0.717) is 6.10 Å². The Bertz CT molecular complexity index is 208. The Hall–Kier alpha value is -0.120. The summed E-state index contributed by atoms with van der Waals surface area (Å²) < 4.78 is 11.3. The number of rotatable bonds is 7. The molecule has 0 amide bonds. The molecule has 1 atom stereocenters. The van der Waals surface area contributed by atoms with E-state index < -0.39 is 0 Å². The van der Waals surface area contributed by atoms with Crippen molar-refractivity contribution in [2.45, 2.75) is 51.7 Å². The third kappa shape index (κ3) is 4.40. The fourth-order valence-corrected chi connectivity index (χ4v) is 2.00. The van der Waals surface area contributed by atoms with Crippen LogP contribution in [-0.2, 0) is 9.47 Å². The highest BCUT2D eigenvalue weighted by atomic mass is 16.5. The topological polar surface area (TPSA) is 30.5 Å². The Labute approximate surface area is 98.9 Å². The van der Waals surface area contributed by atoms with E-state index in [0.717, 1.165) is 32.4 Å². The minimum atomic E-state index is 0.237. The predicted molar refractivity (Wildman–Crippen MR) is 64.6 cm³/mol. The van der Waals surface area contributed by atoms with Crippen molar-refractivity contribution in [3.63, 3.8) is 0 Å². The zero-order chi connectivity index (χ0) is 11.4. The first-order valence-electron chi connectivity index (χ1n) is 6.58. The highest BCUT2D eigenvalue weighted by Crippen LogP contribution is 2.22. The van der Waals surface area contributed by atoms with Crippen molar-refractivity contribution in [1.29, 1.82) is 0 Å². The number of hydrogen-bond donors (Lipinski definition) is 1. The second kappa shape index (κ2) is 5.48. The summed E-state index contributed by atoms with van der Waals surface area (Å²) in [5, 5.41) is 3.56. The van der Waals surface area contributed by atoms with Crippen LogP contribution in [0.2, 0.25) is 0 Å². The lowest BCUT2D eigenvalue weighted by Crippen LogP contribution is -2.35. The maximum Gasteiger partial charge on any atom is 0.0809 e. The molecule has 3 nitrogen and oxygen atoms in total. The number of nitrogens with one attached hydrogen (secondary N) is 1. The van der Waals surface area contributed by atoms with E-state index in [9.17, 15) is 0 Å². The van der Waals surface area contributed by atoms with Crippen LogP contribution in [0.25, 0.3) is 0 Å². The van der Waals surface area contributed by atoms with Crippen LogP contribution in [-0.4, -0.2) is 38.5 Å². The van der Waals surface area contributed by atoms with Gasteiger partial charge in [-0.15, -0.1) is 0 Å². The maximum atomic E-state index is 5.77. The summed E-state index contributed by atoms with van der Waals surface area (Å²) in [6.07, 6.45) is 5.42. The summed E-state index contributed by atoms with van der Waals surface area (Å²) in [7, 11) is 0. The molecule has 1 heterocycles. The van der Waals surface area contributed by atoms with E-state index in [1.165, 1.54) is 25.7 Å². The van der Waals surface area contributed by atoms with Gasteiger partial charge in [0.15, 0.2) is 0 Å². The Morgan fingerprint density at radius 3 is 2.75 bits per heavy atom. The maximum absolute atomic E-state index is 5.77. The van der Waals surface area contributed by atoms with Crippen LogP contribution in [0.4, 0.5) is 0 Å². The van der Waals surface area contributed by atoms with Gasteiger partial charge in [0.1, 0.15) is 0 Å². The van der Waals surface area contributed by atoms with Gasteiger partial charge in [0.05, 0.1) is 19.3 Å². The molecule has 3 heteroatoms. The monoisotopic (exact) mass is 227 g/mol. The lowest BCUT2D eigenvalue weighted by Gasteiger charge is -2.25. The first-order valence-corrected chi connectivity index (χ1v) is 6.58. The molecule has 1 saturated heterocycles. The zero-order valence-electron chi connectivity index (χ0n) is 10.6. The SMILES string of the molecule is CC(C)(CNC1CC1)COCC1CCCO1. The largest absolute Gasteiger partial charge is 0.378 e. The van der Waals surface area contributed by atoms with Crippen molar-refractivity contribution in [2.75, 3.05) is 26.4 Å². The minimum absolute atomic E-state index is 0.237. The van der Waals surface area contributed by atoms with Crippen molar-refractivity contribution in [2.24, 2.45) is 5.41 Å². The normalized spacial score (nSPS) is 26.2. The van der Waals surface area contributed by atoms with Crippen LogP contribution in [0.3, 0.4) is 0 Å². The summed E-state index contributed by atoms with van der Waals surface area (Å²) in [4.78, 5) is 0. The molecule has 0 radical (unpaired) electrons. The fraction of sp³-hybridized carbons (Fsp3) is 1.00. The molecule has 0 bridgehead atoms. The lowest BCUT2D eigenvalue weighted by molar-refractivity contribution is -0.00966. The van der Waals surface area contributed by atoms with E-state index in [1.54, 1.807) is 0 Å². The van der Waals surface area contributed by atoms with Gasteiger partial charge in [-0.2, -0.15) is 0 Å². The number of hydrogen-bond acceptors (Lipinski definition) is 3. The molecule has 0 spiro atoms. The van der Waals surface area contributed by atoms with Crippen molar-refractivity contribution < 1.29 is 9.47 Å². The van der Waals surface area contributed by atoms with Crippen LogP contribution in [0.1, 0.15) is 39.5 Å². The van der Waals surface area contributed by atoms with Gasteiger partial charge in [-0.25, -0.2) is 0 Å². The van der Waals surface area contributed by atoms with E-state index in [2.05, 4.69) is 19.2 Å². The second-order valence-electron chi connectivity index (χ2n) is 5.97. The highest BCUT2D eigenvalue weighted by Gasteiger charge is 2.26. The molecule has 1 unspecified atom stereocenters. The average molecular weight is 227 g/mol. The Balaban J connectivity index is 1.55. The summed E-state index contributed by atoms with van der Waals surface area (Å²) >= 11 is 0. The standard InChI is InChI=1S/C13H25NO2/c1-13(2,9-14-11-5-6-11)10-15-8-12-4-3-7-16-12/h11-12,14H,3-10H2,1-2H3. The van der Waals surface area contributed by atoms with Crippen LogP contribution in [0.15, 0.2) is 0 Å². The molecule has 1 N–H and O–H groups in total.